The van der Waals surface area contributed by atoms with Crippen molar-refractivity contribution in [1.82, 2.24) is 5.32 Å². The topological polar surface area (TPSA) is 97.2 Å². The molecule has 2 aromatic carbocycles. The van der Waals surface area contributed by atoms with E-state index in [0.717, 1.165) is 42.1 Å². The van der Waals surface area contributed by atoms with E-state index in [-0.39, 0.29) is 34.6 Å². The summed E-state index contributed by atoms with van der Waals surface area (Å²) in [7, 11) is 1.63. The average Bonchev–Trinajstić information content (AvgIpc) is 3.39. The number of nitro benzene ring substituents is 1. The molecule has 0 saturated carbocycles. The minimum atomic E-state index is -0.387. The third-order valence-electron chi connectivity index (χ3n) is 7.25. The first kappa shape index (κ1) is 23.7. The lowest BCUT2D eigenvalue weighted by Crippen LogP contribution is -2.61. The maximum atomic E-state index is 13.5. The summed E-state index contributed by atoms with van der Waals surface area (Å²) in [5.41, 5.74) is 2.73. The number of methoxy groups -OCH3 is 1. The van der Waals surface area contributed by atoms with Crippen molar-refractivity contribution in [3.05, 3.63) is 57.1 Å². The molecule has 2 saturated heterocycles. The van der Waals surface area contributed by atoms with Crippen molar-refractivity contribution in [3.8, 4) is 5.75 Å². The van der Waals surface area contributed by atoms with Gasteiger partial charge in [0.05, 0.1) is 35.8 Å². The highest BCUT2D eigenvalue weighted by Crippen LogP contribution is 2.40. The molecule has 10 heteroatoms. The summed E-state index contributed by atoms with van der Waals surface area (Å²) in [4.78, 5) is 28.9. The lowest BCUT2D eigenvalue weighted by atomic mass is 9.83. The molecule has 0 bridgehead atoms. The van der Waals surface area contributed by atoms with Crippen molar-refractivity contribution in [2.45, 2.75) is 31.4 Å². The van der Waals surface area contributed by atoms with Gasteiger partial charge in [-0.3, -0.25) is 14.9 Å². The lowest BCUT2D eigenvalue weighted by molar-refractivity contribution is -0.384. The number of piperazine rings is 1. The number of hydrogen-bond donors (Lipinski definition) is 1. The second kappa shape index (κ2) is 9.91. The Morgan fingerprint density at radius 3 is 2.86 bits per heavy atom. The van der Waals surface area contributed by atoms with Gasteiger partial charge in [0.25, 0.3) is 5.69 Å². The Hall–Kier alpha value is -3.04. The average molecular weight is 501 g/mol. The van der Waals surface area contributed by atoms with Crippen LogP contribution in [0, 0.1) is 16.0 Å². The lowest BCUT2D eigenvalue weighted by Gasteiger charge is -2.49. The van der Waals surface area contributed by atoms with E-state index in [0.29, 0.717) is 37.6 Å². The fourth-order valence-corrected chi connectivity index (χ4v) is 5.67. The van der Waals surface area contributed by atoms with Crippen LogP contribution in [0.1, 0.15) is 18.4 Å². The number of nitrogens with zero attached hydrogens (tertiary/aromatic N) is 3. The van der Waals surface area contributed by atoms with Gasteiger partial charge in [-0.1, -0.05) is 11.6 Å². The molecule has 0 spiro atoms. The molecule has 3 aliphatic rings. The zero-order valence-electron chi connectivity index (χ0n) is 19.6. The number of nitrogens with one attached hydrogen (secondary N) is 1. The fourth-order valence-electron chi connectivity index (χ4n) is 5.50. The van der Waals surface area contributed by atoms with Crippen LogP contribution in [0.4, 0.5) is 17.1 Å². The molecule has 3 heterocycles. The second-order valence-corrected chi connectivity index (χ2v) is 9.72. The molecule has 0 unspecified atom stereocenters. The van der Waals surface area contributed by atoms with E-state index in [1.165, 1.54) is 0 Å². The number of nitro groups is 1. The standard InChI is InChI=1S/C25H29ClN4O5/c1-34-24-7-4-17(26)13-22(24)28-8-9-29-21-6-5-18(30(32)33)11-16(21)12-20(23(29)15-28)25(31)27-14-19-3-2-10-35-19/h4-7,11,13,19-20,23H,2-3,8-10,12,14-15H2,1H3,(H,27,31)/t19-,20-,23-/m0/s1. The number of carbonyl (C=O) groups is 1. The summed E-state index contributed by atoms with van der Waals surface area (Å²) in [5.74, 6) is 0.320. The van der Waals surface area contributed by atoms with Crippen LogP contribution < -0.4 is 19.9 Å². The molecule has 5 rings (SSSR count). The number of hydrogen-bond acceptors (Lipinski definition) is 7. The third kappa shape index (κ3) is 4.75. The van der Waals surface area contributed by atoms with Gasteiger partial charge in [-0.2, -0.15) is 0 Å². The van der Waals surface area contributed by atoms with Gasteiger partial charge in [0.1, 0.15) is 5.75 Å². The van der Waals surface area contributed by atoms with E-state index in [9.17, 15) is 14.9 Å². The molecular weight excluding hydrogens is 472 g/mol. The number of halogens is 1. The Kier molecular flexibility index (Phi) is 6.71. The van der Waals surface area contributed by atoms with E-state index in [1.807, 2.05) is 18.2 Å². The highest BCUT2D eigenvalue weighted by molar-refractivity contribution is 6.31. The molecule has 3 atom stereocenters. The molecule has 186 valence electrons. The van der Waals surface area contributed by atoms with Gasteiger partial charge in [0.2, 0.25) is 5.91 Å². The van der Waals surface area contributed by atoms with Gasteiger partial charge >= 0.3 is 0 Å². The molecule has 2 fully saturated rings. The van der Waals surface area contributed by atoms with Gasteiger partial charge < -0.3 is 24.6 Å². The summed E-state index contributed by atoms with van der Waals surface area (Å²) in [6, 6.07) is 10.4. The molecule has 1 N–H and O–H groups in total. The predicted octanol–water partition coefficient (Wildman–Crippen LogP) is 3.42. The quantitative estimate of drug-likeness (QED) is 0.479. The molecule has 2 aromatic rings. The van der Waals surface area contributed by atoms with Gasteiger partial charge in [-0.15, -0.1) is 0 Å². The number of anilines is 2. The van der Waals surface area contributed by atoms with Gasteiger partial charge in [-0.05, 0) is 49.1 Å². The maximum absolute atomic E-state index is 13.5. The Morgan fingerprint density at radius 1 is 1.26 bits per heavy atom. The summed E-state index contributed by atoms with van der Waals surface area (Å²) in [6.07, 6.45) is 2.44. The van der Waals surface area contributed by atoms with Gasteiger partial charge in [0.15, 0.2) is 0 Å². The zero-order chi connectivity index (χ0) is 24.5. The molecule has 0 radical (unpaired) electrons. The second-order valence-electron chi connectivity index (χ2n) is 9.28. The number of rotatable bonds is 6. The molecule has 9 nitrogen and oxygen atoms in total. The van der Waals surface area contributed by atoms with E-state index < -0.39 is 0 Å². The van der Waals surface area contributed by atoms with E-state index >= 15 is 0 Å². The maximum Gasteiger partial charge on any atom is 0.269 e. The van der Waals surface area contributed by atoms with Crippen molar-refractivity contribution in [1.29, 1.82) is 0 Å². The van der Waals surface area contributed by atoms with Crippen LogP contribution in [0.15, 0.2) is 36.4 Å². The minimum absolute atomic E-state index is 0.0445. The number of ether oxygens (including phenoxy) is 2. The summed E-state index contributed by atoms with van der Waals surface area (Å²) in [6.45, 7) is 3.18. The van der Waals surface area contributed by atoms with Crippen molar-refractivity contribution in [3.63, 3.8) is 0 Å². The monoisotopic (exact) mass is 500 g/mol. The molecule has 0 aliphatic carbocycles. The summed E-state index contributed by atoms with van der Waals surface area (Å²) in [5, 5.41) is 15.1. The first-order chi connectivity index (χ1) is 16.9. The van der Waals surface area contributed by atoms with Crippen LogP contribution in [0.5, 0.6) is 5.75 Å². The Morgan fingerprint density at radius 2 is 2.11 bits per heavy atom. The first-order valence-electron chi connectivity index (χ1n) is 12.0. The molecule has 35 heavy (non-hydrogen) atoms. The fraction of sp³-hybridized carbons (Fsp3) is 0.480. The third-order valence-corrected chi connectivity index (χ3v) is 7.49. The SMILES string of the molecule is COc1ccc(Cl)cc1N1CCN2c3ccc([N+](=O)[O-])cc3C[C@H](C(=O)NC[C@@H]3CCCO3)[C@@H]2C1. The Labute approximate surface area is 209 Å². The smallest absolute Gasteiger partial charge is 0.269 e. The number of carbonyl (C=O) groups excluding carboxylic acids is 1. The minimum Gasteiger partial charge on any atom is -0.495 e. The summed E-state index contributed by atoms with van der Waals surface area (Å²) >= 11 is 6.30. The molecule has 0 aromatic heterocycles. The normalized spacial score (nSPS) is 23.4. The van der Waals surface area contributed by atoms with Crippen LogP contribution >= 0.6 is 11.6 Å². The number of fused-ring (bicyclic) bond motifs is 3. The van der Waals surface area contributed by atoms with Crippen LogP contribution in [-0.4, -0.2) is 62.9 Å². The number of non-ortho nitro benzene ring substituents is 1. The number of benzene rings is 2. The van der Waals surface area contributed by atoms with Gasteiger partial charge in [-0.25, -0.2) is 0 Å². The predicted molar refractivity (Wildman–Crippen MR) is 134 cm³/mol. The van der Waals surface area contributed by atoms with E-state index in [1.54, 1.807) is 25.3 Å². The van der Waals surface area contributed by atoms with Crippen molar-refractivity contribution >= 4 is 34.6 Å². The number of amides is 1. The van der Waals surface area contributed by atoms with E-state index in [2.05, 4.69) is 15.1 Å². The van der Waals surface area contributed by atoms with Gasteiger partial charge in [0, 0.05) is 55.6 Å². The molecule has 3 aliphatic heterocycles. The van der Waals surface area contributed by atoms with E-state index in [4.69, 9.17) is 21.1 Å². The van der Waals surface area contributed by atoms with Crippen molar-refractivity contribution in [2.24, 2.45) is 5.92 Å². The molecular formula is C25H29ClN4O5. The highest BCUT2D eigenvalue weighted by atomic mass is 35.5. The van der Waals surface area contributed by atoms with Crippen molar-refractivity contribution in [2.75, 3.05) is 49.7 Å². The Bertz CT molecular complexity index is 1120. The van der Waals surface area contributed by atoms with Crippen LogP contribution in [-0.2, 0) is 16.0 Å². The van der Waals surface area contributed by atoms with Crippen molar-refractivity contribution < 1.29 is 19.2 Å². The zero-order valence-corrected chi connectivity index (χ0v) is 20.4. The van der Waals surface area contributed by atoms with Crippen LogP contribution in [0.25, 0.3) is 0 Å². The largest absolute Gasteiger partial charge is 0.495 e. The summed E-state index contributed by atoms with van der Waals surface area (Å²) < 4.78 is 11.3. The Balaban J connectivity index is 1.44. The molecule has 1 amide bonds. The van der Waals surface area contributed by atoms with Crippen LogP contribution in [0.3, 0.4) is 0 Å². The first-order valence-corrected chi connectivity index (χ1v) is 12.3. The highest BCUT2D eigenvalue weighted by Gasteiger charge is 2.42. The van der Waals surface area contributed by atoms with Crippen LogP contribution in [0.2, 0.25) is 5.02 Å².